The first kappa shape index (κ1) is 12.1. The van der Waals surface area contributed by atoms with Crippen molar-refractivity contribution >= 4 is 28.2 Å². The predicted molar refractivity (Wildman–Crippen MR) is 73.7 cm³/mol. The van der Waals surface area contributed by atoms with E-state index in [2.05, 4.69) is 9.88 Å². The molecule has 17 heavy (non-hydrogen) atoms. The highest BCUT2D eigenvalue weighted by molar-refractivity contribution is 6.31. The maximum absolute atomic E-state index is 5.96. The molecule has 0 spiro atoms. The number of halogens is 1. The Morgan fingerprint density at radius 3 is 2.88 bits per heavy atom. The molecule has 1 heterocycles. The van der Waals surface area contributed by atoms with Crippen molar-refractivity contribution in [1.29, 1.82) is 0 Å². The first-order chi connectivity index (χ1) is 8.08. The van der Waals surface area contributed by atoms with Gasteiger partial charge in [0.1, 0.15) is 0 Å². The normalized spacial score (nSPS) is 12.7. The second kappa shape index (κ2) is 4.90. The molecule has 0 saturated heterocycles. The molecule has 0 bridgehead atoms. The molecule has 2 rings (SSSR count). The Kier molecular flexibility index (Phi) is 3.50. The van der Waals surface area contributed by atoms with Crippen LogP contribution in [-0.4, -0.2) is 24.6 Å². The lowest BCUT2D eigenvalue weighted by molar-refractivity contribution is 0.719. The highest BCUT2D eigenvalue weighted by Crippen LogP contribution is 2.26. The monoisotopic (exact) mass is 249 g/mol. The number of hydrogen-bond acceptors (Lipinski definition) is 3. The molecule has 3 nitrogen and oxygen atoms in total. The molecule has 2 aromatic rings. The van der Waals surface area contributed by atoms with Gasteiger partial charge in [-0.25, -0.2) is 0 Å². The summed E-state index contributed by atoms with van der Waals surface area (Å²) < 4.78 is 0. The van der Waals surface area contributed by atoms with Crippen molar-refractivity contribution in [3.8, 4) is 0 Å². The maximum Gasteiger partial charge on any atom is 0.0737 e. The summed E-state index contributed by atoms with van der Waals surface area (Å²) in [5.41, 5.74) is 7.86. The van der Waals surface area contributed by atoms with Crippen LogP contribution in [0, 0.1) is 0 Å². The number of anilines is 1. The molecule has 4 heteroatoms. The van der Waals surface area contributed by atoms with Gasteiger partial charge in [-0.05, 0) is 31.2 Å². The van der Waals surface area contributed by atoms with Crippen molar-refractivity contribution in [2.75, 3.05) is 18.5 Å². The van der Waals surface area contributed by atoms with Crippen molar-refractivity contribution in [3.05, 3.63) is 35.5 Å². The number of likely N-dealkylation sites (N-methyl/N-ethyl adjacent to an activating group) is 1. The third-order valence-electron chi connectivity index (χ3n) is 2.65. The van der Waals surface area contributed by atoms with Crippen LogP contribution in [0.15, 0.2) is 30.5 Å². The first-order valence-corrected chi connectivity index (χ1v) is 5.96. The number of aromatic nitrogens is 1. The van der Waals surface area contributed by atoms with Crippen LogP contribution in [0.1, 0.15) is 6.92 Å². The number of rotatable bonds is 3. The van der Waals surface area contributed by atoms with Gasteiger partial charge in [-0.2, -0.15) is 0 Å². The minimum atomic E-state index is 0.135. The summed E-state index contributed by atoms with van der Waals surface area (Å²) in [7, 11) is 2.03. The SMILES string of the molecule is C[C@@H](N)CN(C)c1ccnc2cc(Cl)ccc12. The van der Waals surface area contributed by atoms with Gasteiger partial charge in [0.15, 0.2) is 0 Å². The predicted octanol–water partition coefficient (Wildman–Crippen LogP) is 2.67. The Bertz CT molecular complexity index is 525. The van der Waals surface area contributed by atoms with Gasteiger partial charge >= 0.3 is 0 Å². The van der Waals surface area contributed by atoms with E-state index in [1.165, 1.54) is 0 Å². The van der Waals surface area contributed by atoms with Crippen molar-refractivity contribution in [2.24, 2.45) is 5.73 Å². The fourth-order valence-electron chi connectivity index (χ4n) is 1.97. The fraction of sp³-hybridized carbons (Fsp3) is 0.308. The van der Waals surface area contributed by atoms with E-state index in [9.17, 15) is 0 Å². The maximum atomic E-state index is 5.96. The van der Waals surface area contributed by atoms with E-state index in [0.29, 0.717) is 5.02 Å². The number of fused-ring (bicyclic) bond motifs is 1. The minimum Gasteiger partial charge on any atom is -0.372 e. The largest absolute Gasteiger partial charge is 0.372 e. The Morgan fingerprint density at radius 1 is 1.41 bits per heavy atom. The van der Waals surface area contributed by atoms with Crippen LogP contribution in [0.3, 0.4) is 0 Å². The molecule has 2 N–H and O–H groups in total. The van der Waals surface area contributed by atoms with Crippen molar-refractivity contribution < 1.29 is 0 Å². The smallest absolute Gasteiger partial charge is 0.0737 e. The van der Waals surface area contributed by atoms with E-state index in [4.69, 9.17) is 17.3 Å². The molecule has 0 radical (unpaired) electrons. The summed E-state index contributed by atoms with van der Waals surface area (Å²) in [5, 5.41) is 1.80. The zero-order valence-corrected chi connectivity index (χ0v) is 10.8. The van der Waals surface area contributed by atoms with E-state index in [1.54, 1.807) is 6.20 Å². The van der Waals surface area contributed by atoms with E-state index in [0.717, 1.165) is 23.1 Å². The van der Waals surface area contributed by atoms with E-state index < -0.39 is 0 Å². The number of nitrogens with two attached hydrogens (primary N) is 1. The van der Waals surface area contributed by atoms with Crippen molar-refractivity contribution in [3.63, 3.8) is 0 Å². The van der Waals surface area contributed by atoms with Gasteiger partial charge in [-0.1, -0.05) is 11.6 Å². The summed E-state index contributed by atoms with van der Waals surface area (Å²) in [6, 6.07) is 7.89. The molecule has 0 saturated carbocycles. The van der Waals surface area contributed by atoms with Crippen LogP contribution in [0.2, 0.25) is 5.02 Å². The van der Waals surface area contributed by atoms with Crippen LogP contribution in [0.25, 0.3) is 10.9 Å². The molecule has 0 fully saturated rings. The molecular formula is C13H16ClN3. The molecule has 1 aromatic heterocycles. The molecule has 0 aliphatic carbocycles. The van der Waals surface area contributed by atoms with Crippen LogP contribution >= 0.6 is 11.6 Å². The zero-order chi connectivity index (χ0) is 12.4. The summed E-state index contributed by atoms with van der Waals surface area (Å²) in [6.07, 6.45) is 1.80. The Balaban J connectivity index is 2.47. The average Bonchev–Trinajstić information content (AvgIpc) is 2.26. The van der Waals surface area contributed by atoms with Crippen molar-refractivity contribution in [2.45, 2.75) is 13.0 Å². The second-order valence-corrected chi connectivity index (χ2v) is 4.79. The topological polar surface area (TPSA) is 42.1 Å². The van der Waals surface area contributed by atoms with Gasteiger partial charge in [0.2, 0.25) is 0 Å². The lowest BCUT2D eigenvalue weighted by Gasteiger charge is -2.22. The number of nitrogens with zero attached hydrogens (tertiary/aromatic N) is 2. The van der Waals surface area contributed by atoms with Gasteiger partial charge in [0, 0.05) is 41.9 Å². The third-order valence-corrected chi connectivity index (χ3v) is 2.89. The quantitative estimate of drug-likeness (QED) is 0.910. The molecule has 0 unspecified atom stereocenters. The fourth-order valence-corrected chi connectivity index (χ4v) is 2.14. The van der Waals surface area contributed by atoms with Crippen LogP contribution in [0.4, 0.5) is 5.69 Å². The molecule has 0 aliphatic rings. The van der Waals surface area contributed by atoms with Gasteiger partial charge in [0.25, 0.3) is 0 Å². The highest BCUT2D eigenvalue weighted by Gasteiger charge is 2.08. The number of hydrogen-bond donors (Lipinski definition) is 1. The molecule has 0 amide bonds. The van der Waals surface area contributed by atoms with Crippen LogP contribution < -0.4 is 10.6 Å². The molecule has 1 aromatic carbocycles. The Labute approximate surface area is 106 Å². The van der Waals surface area contributed by atoms with Crippen LogP contribution in [-0.2, 0) is 0 Å². The van der Waals surface area contributed by atoms with Gasteiger partial charge in [-0.15, -0.1) is 0 Å². The van der Waals surface area contributed by atoms with Gasteiger partial charge in [0.05, 0.1) is 5.52 Å². The van der Waals surface area contributed by atoms with Gasteiger partial charge < -0.3 is 10.6 Å². The zero-order valence-electron chi connectivity index (χ0n) is 10.0. The van der Waals surface area contributed by atoms with Gasteiger partial charge in [-0.3, -0.25) is 4.98 Å². The second-order valence-electron chi connectivity index (χ2n) is 4.35. The third kappa shape index (κ3) is 2.68. The van der Waals surface area contributed by atoms with E-state index in [1.807, 2.05) is 38.2 Å². The van der Waals surface area contributed by atoms with E-state index >= 15 is 0 Å². The number of benzene rings is 1. The molecule has 90 valence electrons. The summed E-state index contributed by atoms with van der Waals surface area (Å²) in [5.74, 6) is 0. The van der Waals surface area contributed by atoms with Crippen LogP contribution in [0.5, 0.6) is 0 Å². The molecule has 0 aliphatic heterocycles. The molecule has 1 atom stereocenters. The first-order valence-electron chi connectivity index (χ1n) is 5.59. The average molecular weight is 250 g/mol. The minimum absolute atomic E-state index is 0.135. The lowest BCUT2D eigenvalue weighted by Crippen LogP contribution is -2.32. The highest BCUT2D eigenvalue weighted by atomic mass is 35.5. The Hall–Kier alpha value is -1.32. The Morgan fingerprint density at radius 2 is 2.18 bits per heavy atom. The van der Waals surface area contributed by atoms with Crippen molar-refractivity contribution in [1.82, 2.24) is 4.98 Å². The van der Waals surface area contributed by atoms with E-state index in [-0.39, 0.29) is 6.04 Å². The summed E-state index contributed by atoms with van der Waals surface area (Å²) in [6.45, 7) is 2.80. The summed E-state index contributed by atoms with van der Waals surface area (Å²) in [4.78, 5) is 6.46. The summed E-state index contributed by atoms with van der Waals surface area (Å²) >= 11 is 5.96. The molecular weight excluding hydrogens is 234 g/mol. The lowest BCUT2D eigenvalue weighted by atomic mass is 10.1. The standard InChI is InChI=1S/C13H16ClN3/c1-9(15)8-17(2)13-5-6-16-12-7-10(14)3-4-11(12)13/h3-7,9H,8,15H2,1-2H3/t9-/m1/s1. The number of pyridine rings is 1.